The van der Waals surface area contributed by atoms with Gasteiger partial charge in [-0.25, -0.2) is 0 Å². The standard InChI is InChI=1S/C15H21ClN2O2/c1-10(19)11-6-7-14(13(16)8-11)18(9-15(17)20)12-4-2-3-5-12/h6-8,10,12,19H,2-5,9H2,1H3,(H2,17,20). The van der Waals surface area contributed by atoms with E-state index < -0.39 is 6.10 Å². The quantitative estimate of drug-likeness (QED) is 0.878. The van der Waals surface area contributed by atoms with Gasteiger partial charge in [0.2, 0.25) is 5.91 Å². The monoisotopic (exact) mass is 296 g/mol. The second kappa shape index (κ2) is 6.46. The molecular formula is C15H21ClN2O2. The van der Waals surface area contributed by atoms with Gasteiger partial charge in [0.15, 0.2) is 0 Å². The van der Waals surface area contributed by atoms with Crippen LogP contribution in [-0.4, -0.2) is 23.6 Å². The van der Waals surface area contributed by atoms with Crippen LogP contribution in [0.25, 0.3) is 0 Å². The average Bonchev–Trinajstić information content (AvgIpc) is 2.89. The topological polar surface area (TPSA) is 66.6 Å². The van der Waals surface area contributed by atoms with Crippen molar-refractivity contribution < 1.29 is 9.90 Å². The number of rotatable bonds is 5. The zero-order valence-electron chi connectivity index (χ0n) is 11.7. The van der Waals surface area contributed by atoms with Crippen LogP contribution in [0, 0.1) is 0 Å². The van der Waals surface area contributed by atoms with Crippen molar-refractivity contribution in [3.63, 3.8) is 0 Å². The Kier molecular flexibility index (Phi) is 4.89. The van der Waals surface area contributed by atoms with Crippen molar-refractivity contribution in [2.24, 2.45) is 5.73 Å². The Balaban J connectivity index is 2.30. The fourth-order valence-corrected chi connectivity index (χ4v) is 3.11. The molecule has 1 aromatic carbocycles. The van der Waals surface area contributed by atoms with E-state index in [9.17, 15) is 9.90 Å². The molecule has 1 aromatic rings. The Morgan fingerprint density at radius 2 is 2.15 bits per heavy atom. The van der Waals surface area contributed by atoms with E-state index in [1.165, 1.54) is 12.8 Å². The molecule has 1 unspecified atom stereocenters. The molecule has 2 rings (SSSR count). The van der Waals surface area contributed by atoms with E-state index in [2.05, 4.69) is 0 Å². The SMILES string of the molecule is CC(O)c1ccc(N(CC(N)=O)C2CCCC2)c(Cl)c1. The molecule has 0 saturated heterocycles. The number of halogens is 1. The van der Waals surface area contributed by atoms with Gasteiger partial charge in [-0.05, 0) is 37.5 Å². The number of primary amides is 1. The summed E-state index contributed by atoms with van der Waals surface area (Å²) in [6.07, 6.45) is 3.90. The summed E-state index contributed by atoms with van der Waals surface area (Å²) in [5.41, 5.74) is 6.95. The number of benzene rings is 1. The number of hydrogen-bond acceptors (Lipinski definition) is 3. The van der Waals surface area contributed by atoms with E-state index in [0.717, 1.165) is 24.1 Å². The smallest absolute Gasteiger partial charge is 0.236 e. The van der Waals surface area contributed by atoms with Crippen molar-refractivity contribution in [1.82, 2.24) is 0 Å². The number of nitrogens with zero attached hydrogens (tertiary/aromatic N) is 1. The van der Waals surface area contributed by atoms with Crippen LogP contribution in [0.4, 0.5) is 5.69 Å². The van der Waals surface area contributed by atoms with E-state index in [4.69, 9.17) is 17.3 Å². The highest BCUT2D eigenvalue weighted by Crippen LogP contribution is 2.34. The molecule has 3 N–H and O–H groups in total. The maximum Gasteiger partial charge on any atom is 0.236 e. The Labute approximate surface area is 124 Å². The maximum absolute atomic E-state index is 11.3. The van der Waals surface area contributed by atoms with Crippen molar-refractivity contribution >= 4 is 23.2 Å². The van der Waals surface area contributed by atoms with Gasteiger partial charge in [0.25, 0.3) is 0 Å². The molecule has 1 atom stereocenters. The molecule has 0 bridgehead atoms. The molecule has 5 heteroatoms. The van der Waals surface area contributed by atoms with Crippen LogP contribution < -0.4 is 10.6 Å². The summed E-state index contributed by atoms with van der Waals surface area (Å²) in [5, 5.41) is 10.1. The van der Waals surface area contributed by atoms with Crippen LogP contribution in [0.3, 0.4) is 0 Å². The number of hydrogen-bond donors (Lipinski definition) is 2. The van der Waals surface area contributed by atoms with E-state index in [1.54, 1.807) is 13.0 Å². The minimum atomic E-state index is -0.558. The Hall–Kier alpha value is -1.26. The number of nitrogens with two attached hydrogens (primary N) is 1. The summed E-state index contributed by atoms with van der Waals surface area (Å²) in [7, 11) is 0. The lowest BCUT2D eigenvalue weighted by atomic mass is 10.1. The van der Waals surface area contributed by atoms with Crippen molar-refractivity contribution in [3.8, 4) is 0 Å². The number of aliphatic hydroxyl groups excluding tert-OH is 1. The molecule has 0 radical (unpaired) electrons. The summed E-state index contributed by atoms with van der Waals surface area (Å²) >= 11 is 6.33. The molecule has 1 fully saturated rings. The van der Waals surface area contributed by atoms with E-state index >= 15 is 0 Å². The minimum Gasteiger partial charge on any atom is -0.389 e. The summed E-state index contributed by atoms with van der Waals surface area (Å²) in [4.78, 5) is 13.3. The minimum absolute atomic E-state index is 0.179. The molecule has 20 heavy (non-hydrogen) atoms. The summed E-state index contributed by atoms with van der Waals surface area (Å²) in [6, 6.07) is 5.78. The van der Waals surface area contributed by atoms with Gasteiger partial charge < -0.3 is 15.7 Å². The van der Waals surface area contributed by atoms with Gasteiger partial charge in [-0.3, -0.25) is 4.79 Å². The third kappa shape index (κ3) is 3.44. The molecular weight excluding hydrogens is 276 g/mol. The number of carbonyl (C=O) groups excluding carboxylic acids is 1. The Morgan fingerprint density at radius 1 is 1.50 bits per heavy atom. The van der Waals surface area contributed by atoms with Crippen molar-refractivity contribution in [1.29, 1.82) is 0 Å². The Bertz CT molecular complexity index is 485. The van der Waals surface area contributed by atoms with Gasteiger partial charge in [0, 0.05) is 6.04 Å². The van der Waals surface area contributed by atoms with Crippen molar-refractivity contribution in [2.45, 2.75) is 44.8 Å². The van der Waals surface area contributed by atoms with Crippen LogP contribution in [-0.2, 0) is 4.79 Å². The zero-order valence-corrected chi connectivity index (χ0v) is 12.4. The highest BCUT2D eigenvalue weighted by atomic mass is 35.5. The van der Waals surface area contributed by atoms with E-state index in [-0.39, 0.29) is 12.5 Å². The number of anilines is 1. The highest BCUT2D eigenvalue weighted by molar-refractivity contribution is 6.33. The molecule has 110 valence electrons. The van der Waals surface area contributed by atoms with Crippen molar-refractivity contribution in [2.75, 3.05) is 11.4 Å². The number of amides is 1. The first-order valence-electron chi connectivity index (χ1n) is 7.01. The van der Waals surface area contributed by atoms with Gasteiger partial charge in [-0.2, -0.15) is 0 Å². The van der Waals surface area contributed by atoms with Gasteiger partial charge in [0.05, 0.1) is 23.4 Å². The van der Waals surface area contributed by atoms with Gasteiger partial charge in [-0.15, -0.1) is 0 Å². The van der Waals surface area contributed by atoms with Crippen LogP contribution in [0.2, 0.25) is 5.02 Å². The zero-order chi connectivity index (χ0) is 14.7. The normalized spacial score (nSPS) is 17.1. The van der Waals surface area contributed by atoms with Gasteiger partial charge >= 0.3 is 0 Å². The molecule has 0 aromatic heterocycles. The van der Waals surface area contributed by atoms with Crippen LogP contribution >= 0.6 is 11.6 Å². The first-order valence-corrected chi connectivity index (χ1v) is 7.39. The van der Waals surface area contributed by atoms with E-state index in [1.807, 2.05) is 17.0 Å². The first-order chi connectivity index (χ1) is 9.49. The van der Waals surface area contributed by atoms with Crippen LogP contribution in [0.5, 0.6) is 0 Å². The number of carbonyl (C=O) groups is 1. The molecule has 1 aliphatic carbocycles. The van der Waals surface area contributed by atoms with Crippen LogP contribution in [0.15, 0.2) is 18.2 Å². The lowest BCUT2D eigenvalue weighted by Gasteiger charge is -2.31. The molecule has 0 heterocycles. The fraction of sp³-hybridized carbons (Fsp3) is 0.533. The molecule has 4 nitrogen and oxygen atoms in total. The number of aliphatic hydroxyl groups is 1. The molecule has 1 saturated carbocycles. The second-order valence-electron chi connectivity index (χ2n) is 5.42. The van der Waals surface area contributed by atoms with E-state index in [0.29, 0.717) is 11.1 Å². The predicted octanol–water partition coefficient (Wildman–Crippen LogP) is 2.63. The molecule has 0 aliphatic heterocycles. The summed E-state index contributed by atoms with van der Waals surface area (Å²) < 4.78 is 0. The summed E-state index contributed by atoms with van der Waals surface area (Å²) in [6.45, 7) is 1.88. The van der Waals surface area contributed by atoms with Gasteiger partial charge in [0.1, 0.15) is 0 Å². The van der Waals surface area contributed by atoms with Crippen molar-refractivity contribution in [3.05, 3.63) is 28.8 Å². The highest BCUT2D eigenvalue weighted by Gasteiger charge is 2.25. The fourth-order valence-electron chi connectivity index (χ4n) is 2.81. The average molecular weight is 297 g/mol. The maximum atomic E-state index is 11.3. The second-order valence-corrected chi connectivity index (χ2v) is 5.83. The largest absolute Gasteiger partial charge is 0.389 e. The molecule has 1 aliphatic rings. The molecule has 0 spiro atoms. The third-order valence-corrected chi connectivity index (χ3v) is 4.16. The van der Waals surface area contributed by atoms with Gasteiger partial charge in [-0.1, -0.05) is 30.5 Å². The lowest BCUT2D eigenvalue weighted by Crippen LogP contribution is -2.40. The Morgan fingerprint density at radius 3 is 2.65 bits per heavy atom. The first kappa shape index (κ1) is 15.1. The lowest BCUT2D eigenvalue weighted by molar-refractivity contribution is -0.116. The summed E-state index contributed by atoms with van der Waals surface area (Å²) in [5.74, 6) is -0.354. The van der Waals surface area contributed by atoms with Crippen LogP contribution in [0.1, 0.15) is 44.3 Å². The third-order valence-electron chi connectivity index (χ3n) is 3.86. The molecule has 1 amide bonds. The predicted molar refractivity (Wildman–Crippen MR) is 80.9 cm³/mol.